The predicted molar refractivity (Wildman–Crippen MR) is 123 cm³/mol. The average molecular weight is 440 g/mol. The first-order valence-electron chi connectivity index (χ1n) is 9.66. The van der Waals surface area contributed by atoms with Crippen molar-refractivity contribution >= 4 is 36.4 Å². The molecule has 0 aliphatic carbocycles. The summed E-state index contributed by atoms with van der Waals surface area (Å²) in [6.07, 6.45) is 2.34. The van der Waals surface area contributed by atoms with Gasteiger partial charge in [0.1, 0.15) is 0 Å². The summed E-state index contributed by atoms with van der Waals surface area (Å²) in [6, 6.07) is 17.4. The molecule has 2 aromatic rings. The number of likely N-dealkylation sites (tertiary alicyclic amines) is 1. The van der Waals surface area contributed by atoms with Crippen LogP contribution in [0.2, 0.25) is 0 Å². The first-order valence-corrected chi connectivity index (χ1v) is 9.66. The van der Waals surface area contributed by atoms with Gasteiger partial charge in [-0.2, -0.15) is 0 Å². The molecule has 7 heteroatoms. The average Bonchev–Trinajstić information content (AvgIpc) is 2.69. The minimum Gasteiger partial charge on any atom is -0.396 e. The standard InChI is InChI=1S/C22H29N3O2.2ClH/c23-21(19-6-2-1-3-7-19)14-22(27)24-20-8-4-5-18(13-20)15-25-11-9-17(16-26)10-12-25;;/h1-8,13,17,21,26H,9-12,14-16,23H2,(H,24,27);2*1H. The summed E-state index contributed by atoms with van der Waals surface area (Å²) >= 11 is 0. The van der Waals surface area contributed by atoms with Crippen molar-refractivity contribution in [2.24, 2.45) is 11.7 Å². The maximum absolute atomic E-state index is 12.3. The minimum atomic E-state index is -0.304. The lowest BCUT2D eigenvalue weighted by atomic mass is 9.97. The summed E-state index contributed by atoms with van der Waals surface area (Å²) in [7, 11) is 0. The number of benzene rings is 2. The zero-order chi connectivity index (χ0) is 19.1. The quantitative estimate of drug-likeness (QED) is 0.613. The van der Waals surface area contributed by atoms with E-state index in [1.54, 1.807) is 0 Å². The number of nitrogens with zero attached hydrogens (tertiary/aromatic N) is 1. The van der Waals surface area contributed by atoms with E-state index in [-0.39, 0.29) is 43.2 Å². The monoisotopic (exact) mass is 439 g/mol. The number of hydrogen-bond donors (Lipinski definition) is 3. The number of hydrogen-bond acceptors (Lipinski definition) is 4. The number of amides is 1. The highest BCUT2D eigenvalue weighted by Gasteiger charge is 2.18. The van der Waals surface area contributed by atoms with E-state index in [0.717, 1.165) is 43.7 Å². The van der Waals surface area contributed by atoms with Crippen LogP contribution in [0.5, 0.6) is 0 Å². The van der Waals surface area contributed by atoms with E-state index in [9.17, 15) is 9.90 Å². The molecule has 29 heavy (non-hydrogen) atoms. The molecule has 4 N–H and O–H groups in total. The van der Waals surface area contributed by atoms with Gasteiger partial charge in [-0.15, -0.1) is 24.8 Å². The van der Waals surface area contributed by atoms with Gasteiger partial charge in [0.15, 0.2) is 0 Å². The second kappa shape index (κ2) is 12.8. The van der Waals surface area contributed by atoms with Gasteiger partial charge in [-0.1, -0.05) is 42.5 Å². The van der Waals surface area contributed by atoms with Crippen LogP contribution >= 0.6 is 24.8 Å². The molecular weight excluding hydrogens is 409 g/mol. The molecule has 1 unspecified atom stereocenters. The SMILES string of the molecule is Cl.Cl.NC(CC(=O)Nc1cccc(CN2CCC(CO)CC2)c1)c1ccccc1. The minimum absolute atomic E-state index is 0. The number of anilines is 1. The third-order valence-corrected chi connectivity index (χ3v) is 5.22. The van der Waals surface area contributed by atoms with Gasteiger partial charge >= 0.3 is 0 Å². The molecule has 0 radical (unpaired) electrons. The summed E-state index contributed by atoms with van der Waals surface area (Å²) in [5.41, 5.74) is 9.10. The molecule has 1 atom stereocenters. The number of halogens is 2. The zero-order valence-electron chi connectivity index (χ0n) is 16.5. The van der Waals surface area contributed by atoms with Crippen LogP contribution in [0.3, 0.4) is 0 Å². The van der Waals surface area contributed by atoms with E-state index in [1.807, 2.05) is 48.5 Å². The number of rotatable bonds is 7. The fourth-order valence-electron chi connectivity index (χ4n) is 3.56. The van der Waals surface area contributed by atoms with E-state index in [4.69, 9.17) is 5.73 Å². The fourth-order valence-corrected chi connectivity index (χ4v) is 3.56. The number of nitrogens with two attached hydrogens (primary N) is 1. The van der Waals surface area contributed by atoms with Crippen molar-refractivity contribution < 1.29 is 9.90 Å². The number of aliphatic hydroxyl groups is 1. The van der Waals surface area contributed by atoms with Gasteiger partial charge in [0.2, 0.25) is 5.91 Å². The van der Waals surface area contributed by atoms with Crippen LogP contribution < -0.4 is 11.1 Å². The van der Waals surface area contributed by atoms with Crippen molar-refractivity contribution in [1.29, 1.82) is 0 Å². The molecule has 5 nitrogen and oxygen atoms in total. The molecule has 1 heterocycles. The molecule has 1 aliphatic rings. The number of aliphatic hydroxyl groups excluding tert-OH is 1. The highest BCUT2D eigenvalue weighted by Crippen LogP contribution is 2.20. The van der Waals surface area contributed by atoms with Crippen LogP contribution in [-0.2, 0) is 11.3 Å². The fraction of sp³-hybridized carbons (Fsp3) is 0.409. The normalized spacial score (nSPS) is 15.7. The number of piperidine rings is 1. The summed E-state index contributed by atoms with van der Waals surface area (Å²) in [5, 5.41) is 12.2. The third-order valence-electron chi connectivity index (χ3n) is 5.22. The molecule has 1 fully saturated rings. The van der Waals surface area contributed by atoms with E-state index in [2.05, 4.69) is 16.3 Å². The van der Waals surface area contributed by atoms with Crippen molar-refractivity contribution in [1.82, 2.24) is 4.90 Å². The van der Waals surface area contributed by atoms with E-state index in [0.29, 0.717) is 12.5 Å². The van der Waals surface area contributed by atoms with Crippen LogP contribution in [0.1, 0.15) is 36.4 Å². The molecule has 0 spiro atoms. The van der Waals surface area contributed by atoms with Gasteiger partial charge in [0, 0.05) is 31.3 Å². The van der Waals surface area contributed by atoms with E-state index in [1.165, 1.54) is 5.56 Å². The van der Waals surface area contributed by atoms with Crippen molar-refractivity contribution in [3.05, 3.63) is 65.7 Å². The number of nitrogens with one attached hydrogen (secondary N) is 1. The van der Waals surface area contributed by atoms with Crippen molar-refractivity contribution in [3.8, 4) is 0 Å². The van der Waals surface area contributed by atoms with Crippen molar-refractivity contribution in [2.45, 2.75) is 31.8 Å². The van der Waals surface area contributed by atoms with E-state index < -0.39 is 0 Å². The lowest BCUT2D eigenvalue weighted by Crippen LogP contribution is -2.34. The first kappa shape index (κ1) is 25.4. The molecule has 1 amide bonds. The zero-order valence-corrected chi connectivity index (χ0v) is 18.1. The van der Waals surface area contributed by atoms with Crippen molar-refractivity contribution in [2.75, 3.05) is 25.0 Å². The summed E-state index contributed by atoms with van der Waals surface area (Å²) < 4.78 is 0. The molecule has 1 aliphatic heterocycles. The summed E-state index contributed by atoms with van der Waals surface area (Å²) in [4.78, 5) is 14.7. The van der Waals surface area contributed by atoms with Gasteiger partial charge < -0.3 is 16.2 Å². The van der Waals surface area contributed by atoms with Gasteiger partial charge in [0.05, 0.1) is 0 Å². The van der Waals surface area contributed by atoms with Gasteiger partial charge in [-0.05, 0) is 55.1 Å². The maximum atomic E-state index is 12.3. The molecule has 0 bridgehead atoms. The third kappa shape index (κ3) is 7.96. The second-order valence-corrected chi connectivity index (χ2v) is 7.37. The van der Waals surface area contributed by atoms with Gasteiger partial charge in [0.25, 0.3) is 0 Å². The number of carbonyl (C=O) groups excluding carboxylic acids is 1. The van der Waals surface area contributed by atoms with Crippen LogP contribution in [-0.4, -0.2) is 35.6 Å². The van der Waals surface area contributed by atoms with E-state index >= 15 is 0 Å². The second-order valence-electron chi connectivity index (χ2n) is 7.37. The number of carbonyl (C=O) groups is 1. The largest absolute Gasteiger partial charge is 0.396 e. The maximum Gasteiger partial charge on any atom is 0.226 e. The Kier molecular flexibility index (Phi) is 11.2. The predicted octanol–water partition coefficient (Wildman–Crippen LogP) is 3.76. The topological polar surface area (TPSA) is 78.6 Å². The molecule has 0 aromatic heterocycles. The molecule has 2 aromatic carbocycles. The highest BCUT2D eigenvalue weighted by atomic mass is 35.5. The van der Waals surface area contributed by atoms with Crippen molar-refractivity contribution in [3.63, 3.8) is 0 Å². The van der Waals surface area contributed by atoms with Crippen LogP contribution in [0.25, 0.3) is 0 Å². The Bertz CT molecular complexity index is 738. The molecule has 3 rings (SSSR count). The lowest BCUT2D eigenvalue weighted by Gasteiger charge is -2.31. The van der Waals surface area contributed by atoms with Gasteiger partial charge in [-0.25, -0.2) is 0 Å². The van der Waals surface area contributed by atoms with Crippen LogP contribution in [0.15, 0.2) is 54.6 Å². The van der Waals surface area contributed by atoms with Crippen LogP contribution in [0, 0.1) is 5.92 Å². The Morgan fingerprint density at radius 1 is 1.10 bits per heavy atom. The molecule has 160 valence electrons. The Hall–Kier alpha value is -1.63. The first-order chi connectivity index (χ1) is 13.1. The highest BCUT2D eigenvalue weighted by molar-refractivity contribution is 5.91. The Balaban J connectivity index is 0.00000210. The van der Waals surface area contributed by atoms with Crippen LogP contribution in [0.4, 0.5) is 5.69 Å². The molecular formula is C22H31Cl2N3O2. The lowest BCUT2D eigenvalue weighted by molar-refractivity contribution is -0.116. The smallest absolute Gasteiger partial charge is 0.226 e. The Morgan fingerprint density at radius 2 is 1.79 bits per heavy atom. The summed E-state index contributed by atoms with van der Waals surface area (Å²) in [5.74, 6) is 0.368. The Labute approximate surface area is 185 Å². The summed E-state index contributed by atoms with van der Waals surface area (Å²) in [6.45, 7) is 3.17. The molecule has 1 saturated heterocycles. The Morgan fingerprint density at radius 3 is 2.45 bits per heavy atom. The van der Waals surface area contributed by atoms with Gasteiger partial charge in [-0.3, -0.25) is 9.69 Å². The molecule has 0 saturated carbocycles.